The molecule has 0 aromatic rings. The van der Waals surface area contributed by atoms with Crippen molar-refractivity contribution in [2.45, 2.75) is 104 Å². The monoisotopic (exact) mass is 317 g/mol. The van der Waals surface area contributed by atoms with Crippen LogP contribution in [-0.4, -0.2) is 5.91 Å². The van der Waals surface area contributed by atoms with Gasteiger partial charge in [-0.25, -0.2) is 0 Å². The number of carbonyl (C=O) groups excluding carboxylic acids is 1. The molecular weight excluding hydrogens is 282 g/mol. The summed E-state index contributed by atoms with van der Waals surface area (Å²) in [5.74, 6) is 0.152. The molecule has 0 aliphatic rings. The SMILES string of the molecule is CCCCCCCCC(CCCCCCCC)C(=O)NCl. The molecule has 21 heavy (non-hydrogen) atoms. The van der Waals surface area contributed by atoms with Gasteiger partial charge >= 0.3 is 0 Å². The number of unbranched alkanes of at least 4 members (excludes halogenated alkanes) is 10. The highest BCUT2D eigenvalue weighted by Gasteiger charge is 2.16. The third kappa shape index (κ3) is 13.2. The number of amides is 1. The summed E-state index contributed by atoms with van der Waals surface area (Å²) in [7, 11) is 0. The van der Waals surface area contributed by atoms with E-state index in [4.69, 9.17) is 11.8 Å². The molecule has 0 atom stereocenters. The second-order valence-corrected chi connectivity index (χ2v) is 6.46. The van der Waals surface area contributed by atoms with Gasteiger partial charge in [-0.3, -0.25) is 9.63 Å². The van der Waals surface area contributed by atoms with Crippen molar-refractivity contribution in [3.63, 3.8) is 0 Å². The van der Waals surface area contributed by atoms with E-state index in [-0.39, 0.29) is 11.8 Å². The van der Waals surface area contributed by atoms with Gasteiger partial charge in [0.25, 0.3) is 0 Å². The van der Waals surface area contributed by atoms with Crippen molar-refractivity contribution >= 4 is 17.7 Å². The maximum Gasteiger partial charge on any atom is 0.237 e. The molecule has 0 radical (unpaired) electrons. The predicted octanol–water partition coefficient (Wildman–Crippen LogP) is 6.37. The summed E-state index contributed by atoms with van der Waals surface area (Å²) < 4.78 is 0. The molecule has 0 heterocycles. The normalized spacial score (nSPS) is 11.0. The van der Waals surface area contributed by atoms with Crippen molar-refractivity contribution in [3.8, 4) is 0 Å². The van der Waals surface area contributed by atoms with Crippen LogP contribution in [0.4, 0.5) is 0 Å². The summed E-state index contributed by atoms with van der Waals surface area (Å²) in [5, 5.41) is 0. The van der Waals surface area contributed by atoms with Crippen LogP contribution in [0.25, 0.3) is 0 Å². The Morgan fingerprint density at radius 2 is 1.14 bits per heavy atom. The van der Waals surface area contributed by atoms with Gasteiger partial charge < -0.3 is 0 Å². The molecule has 0 aliphatic carbocycles. The predicted molar refractivity (Wildman–Crippen MR) is 93.5 cm³/mol. The van der Waals surface area contributed by atoms with Gasteiger partial charge in [-0.15, -0.1) is 0 Å². The number of hydrogen-bond donors (Lipinski definition) is 1. The molecule has 126 valence electrons. The highest BCUT2D eigenvalue weighted by Crippen LogP contribution is 2.19. The Kier molecular flexibility index (Phi) is 16.0. The van der Waals surface area contributed by atoms with Gasteiger partial charge in [0.15, 0.2) is 0 Å². The highest BCUT2D eigenvalue weighted by molar-refractivity contribution is 6.21. The van der Waals surface area contributed by atoms with Crippen molar-refractivity contribution < 1.29 is 4.79 Å². The molecule has 0 rings (SSSR count). The second-order valence-electron chi connectivity index (χ2n) is 6.27. The van der Waals surface area contributed by atoms with Gasteiger partial charge in [-0.1, -0.05) is 90.9 Å². The average Bonchev–Trinajstić information content (AvgIpc) is 2.51. The first-order valence-corrected chi connectivity index (χ1v) is 9.54. The van der Waals surface area contributed by atoms with Crippen molar-refractivity contribution in [2.75, 3.05) is 0 Å². The third-order valence-electron chi connectivity index (χ3n) is 4.28. The quantitative estimate of drug-likeness (QED) is 0.276. The fourth-order valence-corrected chi connectivity index (χ4v) is 2.98. The van der Waals surface area contributed by atoms with Crippen molar-refractivity contribution in [1.29, 1.82) is 0 Å². The number of carbonyl (C=O) groups is 1. The van der Waals surface area contributed by atoms with Crippen LogP contribution in [0.2, 0.25) is 0 Å². The van der Waals surface area contributed by atoms with E-state index < -0.39 is 0 Å². The molecule has 1 N–H and O–H groups in total. The van der Waals surface area contributed by atoms with Crippen LogP contribution < -0.4 is 4.84 Å². The lowest BCUT2D eigenvalue weighted by atomic mass is 9.93. The minimum atomic E-state index is 0.0267. The molecule has 0 aromatic carbocycles. The summed E-state index contributed by atoms with van der Waals surface area (Å²) in [5.41, 5.74) is 0. The Bertz CT molecular complexity index is 217. The van der Waals surface area contributed by atoms with E-state index in [0.717, 1.165) is 25.7 Å². The summed E-state index contributed by atoms with van der Waals surface area (Å²) in [6.45, 7) is 4.47. The lowest BCUT2D eigenvalue weighted by Crippen LogP contribution is -2.23. The van der Waals surface area contributed by atoms with E-state index in [2.05, 4.69) is 18.7 Å². The van der Waals surface area contributed by atoms with E-state index in [0.29, 0.717) is 0 Å². The molecule has 3 heteroatoms. The number of rotatable bonds is 15. The molecule has 0 unspecified atom stereocenters. The Balaban J connectivity index is 3.70. The van der Waals surface area contributed by atoms with E-state index in [1.54, 1.807) is 0 Å². The van der Waals surface area contributed by atoms with Gasteiger partial charge in [0.2, 0.25) is 5.91 Å². The van der Waals surface area contributed by atoms with Crippen molar-refractivity contribution in [1.82, 2.24) is 4.84 Å². The zero-order chi connectivity index (χ0) is 15.8. The van der Waals surface area contributed by atoms with Gasteiger partial charge in [-0.05, 0) is 12.8 Å². The van der Waals surface area contributed by atoms with Crippen molar-refractivity contribution in [3.05, 3.63) is 0 Å². The fourth-order valence-electron chi connectivity index (χ4n) is 2.83. The number of hydrogen-bond acceptors (Lipinski definition) is 1. The molecule has 2 nitrogen and oxygen atoms in total. The second kappa shape index (κ2) is 16.1. The summed E-state index contributed by atoms with van der Waals surface area (Å²) in [6.07, 6.45) is 17.4. The molecule has 0 saturated carbocycles. The minimum absolute atomic E-state index is 0.0267. The number of nitrogens with one attached hydrogen (secondary N) is 1. The van der Waals surface area contributed by atoms with Crippen LogP contribution in [-0.2, 0) is 4.79 Å². The van der Waals surface area contributed by atoms with E-state index in [9.17, 15) is 4.79 Å². The molecule has 0 aliphatic heterocycles. The maximum atomic E-state index is 11.8. The topological polar surface area (TPSA) is 29.1 Å². The summed E-state index contributed by atoms with van der Waals surface area (Å²) in [4.78, 5) is 14.1. The summed E-state index contributed by atoms with van der Waals surface area (Å²) >= 11 is 5.51. The van der Waals surface area contributed by atoms with Crippen LogP contribution in [0, 0.1) is 5.92 Å². The largest absolute Gasteiger partial charge is 0.273 e. The Morgan fingerprint density at radius 3 is 1.52 bits per heavy atom. The Labute approximate surface area is 137 Å². The van der Waals surface area contributed by atoms with Crippen molar-refractivity contribution in [2.24, 2.45) is 5.92 Å². The van der Waals surface area contributed by atoms with Gasteiger partial charge in [0, 0.05) is 17.7 Å². The third-order valence-corrected chi connectivity index (χ3v) is 4.46. The first kappa shape index (κ1) is 20.8. The van der Waals surface area contributed by atoms with E-state index >= 15 is 0 Å². The van der Waals surface area contributed by atoms with Crippen LogP contribution in [0.5, 0.6) is 0 Å². The van der Waals surface area contributed by atoms with Crippen LogP contribution in [0.15, 0.2) is 0 Å². The van der Waals surface area contributed by atoms with Crippen LogP contribution in [0.3, 0.4) is 0 Å². The first-order valence-electron chi connectivity index (χ1n) is 9.16. The lowest BCUT2D eigenvalue weighted by molar-refractivity contribution is -0.123. The Hall–Kier alpha value is -0.240. The van der Waals surface area contributed by atoms with Crippen LogP contribution >= 0.6 is 11.8 Å². The molecule has 0 spiro atoms. The van der Waals surface area contributed by atoms with Gasteiger partial charge in [0.05, 0.1) is 0 Å². The summed E-state index contributed by atoms with van der Waals surface area (Å²) in [6, 6.07) is 0. The molecule has 1 amide bonds. The maximum absolute atomic E-state index is 11.8. The van der Waals surface area contributed by atoms with Gasteiger partial charge in [-0.2, -0.15) is 0 Å². The molecule has 0 bridgehead atoms. The smallest absolute Gasteiger partial charge is 0.237 e. The molecular formula is C18H36ClNO. The van der Waals surface area contributed by atoms with E-state index in [1.807, 2.05) is 0 Å². The fraction of sp³-hybridized carbons (Fsp3) is 0.944. The molecule has 0 fully saturated rings. The first-order chi connectivity index (χ1) is 10.3. The zero-order valence-electron chi connectivity index (χ0n) is 14.3. The average molecular weight is 318 g/mol. The van der Waals surface area contributed by atoms with E-state index in [1.165, 1.54) is 64.2 Å². The number of halogens is 1. The minimum Gasteiger partial charge on any atom is -0.273 e. The standard InChI is InChI=1S/C18H36ClNO/c1-3-5-7-9-11-13-15-17(18(21)20-19)16-14-12-10-8-6-4-2/h17H,3-16H2,1-2H3,(H,20,21). The lowest BCUT2D eigenvalue weighted by Gasteiger charge is -2.14. The zero-order valence-corrected chi connectivity index (χ0v) is 15.0. The van der Waals surface area contributed by atoms with Crippen LogP contribution in [0.1, 0.15) is 104 Å². The highest BCUT2D eigenvalue weighted by atomic mass is 35.5. The molecule has 0 aromatic heterocycles. The Morgan fingerprint density at radius 1 is 0.762 bits per heavy atom. The molecule has 0 saturated heterocycles. The van der Waals surface area contributed by atoms with Gasteiger partial charge in [0.1, 0.15) is 0 Å².